The number of nitrogens with two attached hydrogens (primary N) is 2. The highest BCUT2D eigenvalue weighted by molar-refractivity contribution is 7.98. The Labute approximate surface area is 152 Å². The molecule has 0 aliphatic rings. The lowest BCUT2D eigenvalue weighted by atomic mass is 10.0. The van der Waals surface area contributed by atoms with E-state index in [1.54, 1.807) is 18.8 Å². The first-order valence-corrected chi connectivity index (χ1v) is 9.34. The van der Waals surface area contributed by atoms with E-state index in [-0.39, 0.29) is 44.5 Å². The molecule has 0 aliphatic heterocycles. The Hall–Kier alpha value is -1.61. The molecule has 0 spiro atoms. The number of carbonyl (C=O) groups excluding carboxylic acids is 2. The zero-order valence-electron chi connectivity index (χ0n) is 14.7. The Balaban J connectivity index is 2.92. The second-order valence-electron chi connectivity index (χ2n) is 5.34. The fraction of sp³-hybridized carbons (Fsp3) is 0.529. The minimum absolute atomic E-state index is 0.0696. The number of nitrogens with one attached hydrogen (secondary N) is 1. The van der Waals surface area contributed by atoms with E-state index in [9.17, 15) is 9.59 Å². The molecule has 0 bridgehead atoms. The van der Waals surface area contributed by atoms with Crippen LogP contribution in [0.3, 0.4) is 0 Å². The molecule has 2 atom stereocenters. The molecule has 0 amide bonds. The summed E-state index contributed by atoms with van der Waals surface area (Å²) in [4.78, 5) is 24.6. The minimum atomic E-state index is -0.592. The first-order valence-electron chi connectivity index (χ1n) is 8.12. The molecular weight excluding hydrogens is 342 g/mol. The van der Waals surface area contributed by atoms with Crippen molar-refractivity contribution in [2.75, 3.05) is 33.0 Å². The van der Waals surface area contributed by atoms with Crippen LogP contribution in [-0.4, -0.2) is 51.0 Å². The van der Waals surface area contributed by atoms with Crippen LogP contribution in [-0.2, 0) is 19.1 Å². The number of benzene rings is 1. The molecule has 5 N–H and O–H groups in total. The minimum Gasteiger partial charge on any atom is -0.464 e. The second-order valence-corrected chi connectivity index (χ2v) is 6.22. The van der Waals surface area contributed by atoms with Gasteiger partial charge in [-0.2, -0.15) is 0 Å². The van der Waals surface area contributed by atoms with Crippen LogP contribution in [0.4, 0.5) is 0 Å². The van der Waals surface area contributed by atoms with Crippen LogP contribution in [0.1, 0.15) is 24.5 Å². The average Bonchev–Trinajstić information content (AvgIpc) is 2.61. The van der Waals surface area contributed by atoms with Crippen molar-refractivity contribution in [3.63, 3.8) is 0 Å². The Morgan fingerprint density at radius 2 is 1.72 bits per heavy atom. The highest BCUT2D eigenvalue weighted by Crippen LogP contribution is 2.25. The molecule has 0 heterocycles. The number of ether oxygens (including phenoxy) is 2. The molecule has 0 aromatic heterocycles. The maximum absolute atomic E-state index is 12.0. The molecular formula is C17H27N3O4S. The lowest BCUT2D eigenvalue weighted by Crippen LogP contribution is -2.39. The van der Waals surface area contributed by atoms with Crippen molar-refractivity contribution in [2.24, 2.45) is 11.5 Å². The van der Waals surface area contributed by atoms with Crippen molar-refractivity contribution < 1.29 is 19.1 Å². The third-order valence-corrected chi connectivity index (χ3v) is 4.30. The maximum atomic E-state index is 12.0. The van der Waals surface area contributed by atoms with Crippen molar-refractivity contribution in [1.82, 2.24) is 5.32 Å². The summed E-state index contributed by atoms with van der Waals surface area (Å²) in [6.07, 6.45) is 1.67. The van der Waals surface area contributed by atoms with Gasteiger partial charge in [-0.05, 0) is 31.0 Å². The molecule has 25 heavy (non-hydrogen) atoms. The molecule has 0 saturated heterocycles. The maximum Gasteiger partial charge on any atom is 0.307 e. The summed E-state index contributed by atoms with van der Waals surface area (Å²) in [5.41, 5.74) is 11.6. The summed E-state index contributed by atoms with van der Waals surface area (Å²) in [6, 6.07) is 7.33. The third-order valence-electron chi connectivity index (χ3n) is 3.56. The van der Waals surface area contributed by atoms with Crippen molar-refractivity contribution in [3.8, 4) is 0 Å². The zero-order valence-corrected chi connectivity index (χ0v) is 15.5. The zero-order chi connectivity index (χ0) is 18.7. The standard InChI is InChI=1S/C17H27N3O4S/c1-20-14(11-23-15(21)7-9-18)17(24-16(22)8-10-19)12-3-5-13(25-2)6-4-12/h3-6,14,17,20H,7-11,18-19H2,1-2H3. The van der Waals surface area contributed by atoms with Crippen molar-refractivity contribution in [1.29, 1.82) is 0 Å². The fourth-order valence-electron chi connectivity index (χ4n) is 2.19. The van der Waals surface area contributed by atoms with Crippen LogP contribution >= 0.6 is 11.8 Å². The number of rotatable bonds is 11. The Morgan fingerprint density at radius 3 is 2.24 bits per heavy atom. The average molecular weight is 369 g/mol. The summed E-state index contributed by atoms with van der Waals surface area (Å²) in [7, 11) is 1.72. The Morgan fingerprint density at radius 1 is 1.12 bits per heavy atom. The molecule has 0 saturated carbocycles. The van der Waals surface area contributed by atoms with E-state index in [4.69, 9.17) is 20.9 Å². The van der Waals surface area contributed by atoms with Crippen LogP contribution in [0, 0.1) is 0 Å². The first-order chi connectivity index (χ1) is 12.0. The van der Waals surface area contributed by atoms with Crippen LogP contribution in [0.25, 0.3) is 0 Å². The molecule has 140 valence electrons. The highest BCUT2D eigenvalue weighted by Gasteiger charge is 2.27. The number of carbonyl (C=O) groups is 2. The summed E-state index contributed by atoms with van der Waals surface area (Å²) in [6.45, 7) is 0.515. The van der Waals surface area contributed by atoms with Crippen molar-refractivity contribution in [2.45, 2.75) is 29.9 Å². The van der Waals surface area contributed by atoms with Gasteiger partial charge in [0.05, 0.1) is 18.9 Å². The van der Waals surface area contributed by atoms with Crippen LogP contribution in [0.5, 0.6) is 0 Å². The predicted molar refractivity (Wildman–Crippen MR) is 98.2 cm³/mol. The largest absolute Gasteiger partial charge is 0.464 e. The van der Waals surface area contributed by atoms with E-state index >= 15 is 0 Å². The predicted octanol–water partition coefficient (Wildman–Crippen LogP) is 0.822. The lowest BCUT2D eigenvalue weighted by Gasteiger charge is -2.27. The van der Waals surface area contributed by atoms with Crippen LogP contribution in [0.2, 0.25) is 0 Å². The number of hydrogen-bond donors (Lipinski definition) is 3. The molecule has 0 radical (unpaired) electrons. The van der Waals surface area contributed by atoms with Gasteiger partial charge in [-0.1, -0.05) is 12.1 Å². The van der Waals surface area contributed by atoms with Crippen molar-refractivity contribution in [3.05, 3.63) is 29.8 Å². The Kier molecular flexibility index (Phi) is 10.2. The summed E-state index contributed by atoms with van der Waals surface area (Å²) < 4.78 is 10.8. The van der Waals surface area contributed by atoms with E-state index in [0.717, 1.165) is 10.5 Å². The van der Waals surface area contributed by atoms with E-state index in [0.29, 0.717) is 0 Å². The molecule has 7 nitrogen and oxygen atoms in total. The second kappa shape index (κ2) is 11.9. The van der Waals surface area contributed by atoms with Gasteiger partial charge in [0.25, 0.3) is 0 Å². The fourth-order valence-corrected chi connectivity index (χ4v) is 2.60. The number of likely N-dealkylation sites (N-methyl/N-ethyl adjacent to an activating group) is 1. The molecule has 8 heteroatoms. The highest BCUT2D eigenvalue weighted by atomic mass is 32.2. The molecule has 0 fully saturated rings. The van der Waals surface area contributed by atoms with Gasteiger partial charge in [0.15, 0.2) is 0 Å². The van der Waals surface area contributed by atoms with Gasteiger partial charge in [-0.3, -0.25) is 9.59 Å². The van der Waals surface area contributed by atoms with E-state index in [2.05, 4.69) is 5.32 Å². The first kappa shape index (κ1) is 21.4. The van der Waals surface area contributed by atoms with E-state index in [1.165, 1.54) is 0 Å². The van der Waals surface area contributed by atoms with Gasteiger partial charge >= 0.3 is 11.9 Å². The quantitative estimate of drug-likeness (QED) is 0.388. The number of thioether (sulfide) groups is 1. The molecule has 0 aliphatic carbocycles. The molecule has 2 unspecified atom stereocenters. The smallest absolute Gasteiger partial charge is 0.307 e. The summed E-state index contributed by atoms with van der Waals surface area (Å²) in [5, 5.41) is 3.05. The van der Waals surface area contributed by atoms with Gasteiger partial charge < -0.3 is 26.3 Å². The van der Waals surface area contributed by atoms with Gasteiger partial charge in [0.1, 0.15) is 12.7 Å². The molecule has 1 aromatic carbocycles. The Bertz CT molecular complexity index is 539. The van der Waals surface area contributed by atoms with Crippen LogP contribution in [0.15, 0.2) is 29.2 Å². The number of esters is 2. The lowest BCUT2D eigenvalue weighted by molar-refractivity contribution is -0.153. The van der Waals surface area contributed by atoms with Crippen LogP contribution < -0.4 is 16.8 Å². The topological polar surface area (TPSA) is 117 Å². The van der Waals surface area contributed by atoms with E-state index in [1.807, 2.05) is 30.5 Å². The van der Waals surface area contributed by atoms with Gasteiger partial charge in [-0.25, -0.2) is 0 Å². The summed E-state index contributed by atoms with van der Waals surface area (Å²) in [5.74, 6) is -0.775. The number of hydrogen-bond acceptors (Lipinski definition) is 8. The monoisotopic (exact) mass is 369 g/mol. The third kappa shape index (κ3) is 7.43. The normalized spacial score (nSPS) is 13.1. The molecule has 1 rings (SSSR count). The summed E-state index contributed by atoms with van der Waals surface area (Å²) >= 11 is 1.62. The van der Waals surface area contributed by atoms with Gasteiger partial charge in [-0.15, -0.1) is 11.8 Å². The van der Waals surface area contributed by atoms with Crippen molar-refractivity contribution >= 4 is 23.7 Å². The van der Waals surface area contributed by atoms with E-state index < -0.39 is 12.1 Å². The molecule has 1 aromatic rings. The van der Waals surface area contributed by atoms with Gasteiger partial charge in [0, 0.05) is 18.0 Å². The SMILES string of the molecule is CNC(COC(=O)CCN)C(OC(=O)CCN)c1ccc(SC)cc1. The van der Waals surface area contributed by atoms with Gasteiger partial charge in [0.2, 0.25) is 0 Å².